The number of nitrogens with one attached hydrogen (secondary N) is 1. The molecule has 1 rings (SSSR count). The van der Waals surface area contributed by atoms with E-state index < -0.39 is 11.4 Å². The number of nitrogens with zero attached hydrogens (tertiary/aromatic N) is 1. The van der Waals surface area contributed by atoms with Crippen LogP contribution in [-0.2, 0) is 9.59 Å². The summed E-state index contributed by atoms with van der Waals surface area (Å²) in [6, 6.07) is 0. The Morgan fingerprint density at radius 1 is 1.35 bits per heavy atom. The Bertz CT molecular complexity index is 285. The molecule has 5 nitrogen and oxygen atoms in total. The molecule has 0 unspecified atom stereocenters. The van der Waals surface area contributed by atoms with E-state index in [1.807, 2.05) is 13.8 Å². The number of rotatable bonds is 5. The molecule has 0 saturated carbocycles. The van der Waals surface area contributed by atoms with E-state index in [2.05, 4.69) is 5.32 Å². The summed E-state index contributed by atoms with van der Waals surface area (Å²) in [4.78, 5) is 24.6. The minimum Gasteiger partial charge on any atom is -0.480 e. The number of carboxylic acids is 1. The van der Waals surface area contributed by atoms with Crippen molar-refractivity contribution in [3.05, 3.63) is 0 Å². The number of hydrogen-bond acceptors (Lipinski definition) is 3. The quantitative estimate of drug-likeness (QED) is 0.744. The van der Waals surface area contributed by atoms with Crippen LogP contribution in [0, 0.1) is 5.41 Å². The molecule has 1 fully saturated rings. The third kappa shape index (κ3) is 3.70. The summed E-state index contributed by atoms with van der Waals surface area (Å²) < 4.78 is 0. The average Bonchev–Trinajstić information content (AvgIpc) is 2.28. The van der Waals surface area contributed by atoms with Gasteiger partial charge in [0.1, 0.15) is 6.54 Å². The molecule has 1 heterocycles. The number of aliphatic carboxylic acids is 1. The third-order valence-corrected chi connectivity index (χ3v) is 3.33. The first-order valence-electron chi connectivity index (χ1n) is 6.21. The molecule has 17 heavy (non-hydrogen) atoms. The largest absolute Gasteiger partial charge is 0.480 e. The highest BCUT2D eigenvalue weighted by atomic mass is 16.4. The highest BCUT2D eigenvalue weighted by Gasteiger charge is 2.37. The zero-order valence-electron chi connectivity index (χ0n) is 10.7. The molecular formula is C12H22N2O3. The van der Waals surface area contributed by atoms with Crippen molar-refractivity contribution in [2.24, 2.45) is 5.41 Å². The molecule has 0 aromatic carbocycles. The lowest BCUT2D eigenvalue weighted by Crippen LogP contribution is -2.49. The molecule has 0 radical (unpaired) electrons. The molecule has 1 aliphatic rings. The lowest BCUT2D eigenvalue weighted by atomic mass is 9.79. The van der Waals surface area contributed by atoms with E-state index in [-0.39, 0.29) is 12.5 Å². The van der Waals surface area contributed by atoms with Crippen molar-refractivity contribution in [2.45, 2.75) is 33.1 Å². The van der Waals surface area contributed by atoms with Crippen molar-refractivity contribution in [1.29, 1.82) is 0 Å². The van der Waals surface area contributed by atoms with E-state index in [4.69, 9.17) is 5.11 Å². The van der Waals surface area contributed by atoms with Gasteiger partial charge in [0.2, 0.25) is 5.91 Å². The molecule has 1 aliphatic heterocycles. The van der Waals surface area contributed by atoms with Crippen LogP contribution in [0.1, 0.15) is 33.1 Å². The summed E-state index contributed by atoms with van der Waals surface area (Å²) in [6.07, 6.45) is 2.35. The summed E-state index contributed by atoms with van der Waals surface area (Å²) in [5.41, 5.74) is -0.393. The van der Waals surface area contributed by atoms with E-state index in [1.165, 1.54) is 4.90 Å². The van der Waals surface area contributed by atoms with E-state index in [0.29, 0.717) is 6.54 Å². The van der Waals surface area contributed by atoms with Gasteiger partial charge in [0, 0.05) is 12.0 Å². The Labute approximate surface area is 102 Å². The Kier molecular flexibility index (Phi) is 4.93. The summed E-state index contributed by atoms with van der Waals surface area (Å²) >= 11 is 0. The SMILES string of the molecule is CCCN(CC(=O)O)C(=O)C1(C)CCNCC1. The van der Waals surface area contributed by atoms with E-state index in [0.717, 1.165) is 32.4 Å². The predicted octanol–water partition coefficient (Wildman–Crippen LogP) is 0.699. The molecule has 0 bridgehead atoms. The number of carbonyl (C=O) groups is 2. The van der Waals surface area contributed by atoms with Crippen LogP contribution in [0.4, 0.5) is 0 Å². The number of carboxylic acid groups (broad SMARTS) is 1. The first kappa shape index (κ1) is 14.0. The van der Waals surface area contributed by atoms with Gasteiger partial charge in [-0.25, -0.2) is 0 Å². The van der Waals surface area contributed by atoms with Crippen LogP contribution < -0.4 is 5.32 Å². The number of piperidine rings is 1. The van der Waals surface area contributed by atoms with E-state index in [1.54, 1.807) is 0 Å². The van der Waals surface area contributed by atoms with Gasteiger partial charge in [0.15, 0.2) is 0 Å². The van der Waals surface area contributed by atoms with Crippen LogP contribution in [0.2, 0.25) is 0 Å². The molecule has 1 amide bonds. The molecule has 0 spiro atoms. The first-order chi connectivity index (χ1) is 7.99. The van der Waals surface area contributed by atoms with E-state index in [9.17, 15) is 9.59 Å². The van der Waals surface area contributed by atoms with Gasteiger partial charge < -0.3 is 15.3 Å². The molecule has 98 valence electrons. The fraction of sp³-hybridized carbons (Fsp3) is 0.833. The number of amides is 1. The monoisotopic (exact) mass is 242 g/mol. The van der Waals surface area contributed by atoms with Crippen LogP contribution >= 0.6 is 0 Å². The minimum atomic E-state index is -0.940. The van der Waals surface area contributed by atoms with Crippen molar-refractivity contribution in [1.82, 2.24) is 10.2 Å². The van der Waals surface area contributed by atoms with Crippen molar-refractivity contribution < 1.29 is 14.7 Å². The second-order valence-corrected chi connectivity index (χ2v) is 4.93. The Hall–Kier alpha value is -1.10. The number of hydrogen-bond donors (Lipinski definition) is 2. The second kappa shape index (κ2) is 6.00. The molecule has 0 aromatic heterocycles. The minimum absolute atomic E-state index is 0.0109. The lowest BCUT2D eigenvalue weighted by molar-refractivity contribution is -0.150. The highest BCUT2D eigenvalue weighted by molar-refractivity contribution is 5.85. The van der Waals surface area contributed by atoms with Gasteiger partial charge in [-0.1, -0.05) is 13.8 Å². The summed E-state index contributed by atoms with van der Waals surface area (Å²) in [6.45, 7) is 5.89. The molecule has 1 saturated heterocycles. The van der Waals surface area contributed by atoms with Crippen LogP contribution in [0.3, 0.4) is 0 Å². The standard InChI is InChI=1S/C12H22N2O3/c1-3-8-14(9-10(15)16)11(17)12(2)4-6-13-7-5-12/h13H,3-9H2,1-2H3,(H,15,16). The normalized spacial score (nSPS) is 18.7. The van der Waals surface area contributed by atoms with Crippen molar-refractivity contribution in [3.63, 3.8) is 0 Å². The fourth-order valence-electron chi connectivity index (χ4n) is 2.26. The highest BCUT2D eigenvalue weighted by Crippen LogP contribution is 2.30. The van der Waals surface area contributed by atoms with Crippen molar-refractivity contribution in [3.8, 4) is 0 Å². The molecule has 0 aliphatic carbocycles. The summed E-state index contributed by atoms with van der Waals surface area (Å²) in [5, 5.41) is 12.1. The van der Waals surface area contributed by atoms with Crippen LogP contribution in [0.5, 0.6) is 0 Å². The molecular weight excluding hydrogens is 220 g/mol. The Balaban J connectivity index is 2.71. The van der Waals surface area contributed by atoms with Crippen molar-refractivity contribution in [2.75, 3.05) is 26.2 Å². The van der Waals surface area contributed by atoms with Gasteiger partial charge in [-0.05, 0) is 32.4 Å². The smallest absolute Gasteiger partial charge is 0.323 e. The predicted molar refractivity (Wildman–Crippen MR) is 64.7 cm³/mol. The molecule has 0 aromatic rings. The average molecular weight is 242 g/mol. The van der Waals surface area contributed by atoms with Crippen LogP contribution in [-0.4, -0.2) is 48.1 Å². The van der Waals surface area contributed by atoms with Gasteiger partial charge in [-0.2, -0.15) is 0 Å². The maximum atomic E-state index is 12.4. The van der Waals surface area contributed by atoms with E-state index >= 15 is 0 Å². The van der Waals surface area contributed by atoms with Gasteiger partial charge in [-0.15, -0.1) is 0 Å². The summed E-state index contributed by atoms with van der Waals surface area (Å²) in [5.74, 6) is -0.951. The first-order valence-corrected chi connectivity index (χ1v) is 6.21. The summed E-state index contributed by atoms with van der Waals surface area (Å²) in [7, 11) is 0. The fourth-order valence-corrected chi connectivity index (χ4v) is 2.26. The third-order valence-electron chi connectivity index (χ3n) is 3.33. The van der Waals surface area contributed by atoms with Crippen molar-refractivity contribution >= 4 is 11.9 Å². The van der Waals surface area contributed by atoms with Gasteiger partial charge in [0.25, 0.3) is 0 Å². The van der Waals surface area contributed by atoms with Gasteiger partial charge in [0.05, 0.1) is 0 Å². The lowest BCUT2D eigenvalue weighted by Gasteiger charge is -2.36. The second-order valence-electron chi connectivity index (χ2n) is 4.93. The Morgan fingerprint density at radius 2 is 1.94 bits per heavy atom. The Morgan fingerprint density at radius 3 is 2.41 bits per heavy atom. The van der Waals surface area contributed by atoms with Gasteiger partial charge in [-0.3, -0.25) is 9.59 Å². The zero-order chi connectivity index (χ0) is 12.9. The topological polar surface area (TPSA) is 69.6 Å². The maximum Gasteiger partial charge on any atom is 0.323 e. The van der Waals surface area contributed by atoms with Crippen LogP contribution in [0.15, 0.2) is 0 Å². The van der Waals surface area contributed by atoms with Gasteiger partial charge >= 0.3 is 5.97 Å². The molecule has 0 atom stereocenters. The maximum absolute atomic E-state index is 12.4. The zero-order valence-corrected chi connectivity index (χ0v) is 10.7. The number of carbonyl (C=O) groups excluding carboxylic acids is 1. The molecule has 5 heteroatoms. The van der Waals surface area contributed by atoms with Crippen LogP contribution in [0.25, 0.3) is 0 Å². The molecule has 2 N–H and O–H groups in total.